The maximum Gasteiger partial charge on any atom is 0.261 e. The van der Waals surface area contributed by atoms with E-state index in [0.717, 1.165) is 6.42 Å². The maximum atomic E-state index is 12.0. The Kier molecular flexibility index (Phi) is 5.51. The van der Waals surface area contributed by atoms with Crippen molar-refractivity contribution in [2.24, 2.45) is 0 Å². The molecule has 0 fully saturated rings. The molecule has 0 saturated carbocycles. The van der Waals surface area contributed by atoms with Gasteiger partial charge in [0.05, 0.1) is 6.10 Å². The van der Waals surface area contributed by atoms with Crippen LogP contribution in [0.1, 0.15) is 31.1 Å². The highest BCUT2D eigenvalue weighted by molar-refractivity contribution is 5.24. The number of alkyl halides is 2. The minimum atomic E-state index is -2.51. The lowest BCUT2D eigenvalue weighted by Gasteiger charge is -2.19. The first-order valence-electron chi connectivity index (χ1n) is 5.71. The summed E-state index contributed by atoms with van der Waals surface area (Å²) in [6.07, 6.45) is -3.10. The van der Waals surface area contributed by atoms with Crippen molar-refractivity contribution in [3.05, 3.63) is 35.4 Å². The molecule has 0 aliphatic rings. The summed E-state index contributed by atoms with van der Waals surface area (Å²) in [5, 5.41) is 9.90. The van der Waals surface area contributed by atoms with Gasteiger partial charge in [-0.3, -0.25) is 0 Å². The van der Waals surface area contributed by atoms with Crippen LogP contribution in [0.4, 0.5) is 8.78 Å². The van der Waals surface area contributed by atoms with E-state index in [0.29, 0.717) is 5.56 Å². The van der Waals surface area contributed by atoms with E-state index in [1.807, 2.05) is 19.1 Å². The number of halogens is 2. The van der Waals surface area contributed by atoms with Crippen LogP contribution < -0.4 is 0 Å². The summed E-state index contributed by atoms with van der Waals surface area (Å²) in [4.78, 5) is 0. The molecule has 17 heavy (non-hydrogen) atoms. The van der Waals surface area contributed by atoms with Gasteiger partial charge in [-0.25, -0.2) is 8.78 Å². The van der Waals surface area contributed by atoms with Crippen molar-refractivity contribution in [1.29, 1.82) is 0 Å². The number of aryl methyl sites for hydroxylation is 1. The third kappa shape index (κ3) is 4.40. The predicted octanol–water partition coefficient (Wildman–Crippen LogP) is 2.95. The van der Waals surface area contributed by atoms with E-state index in [9.17, 15) is 13.9 Å². The molecule has 0 spiro atoms. The topological polar surface area (TPSA) is 29.5 Å². The van der Waals surface area contributed by atoms with Gasteiger partial charge in [-0.15, -0.1) is 0 Å². The summed E-state index contributed by atoms with van der Waals surface area (Å²) in [7, 11) is 0. The predicted molar refractivity (Wildman–Crippen MR) is 62.2 cm³/mol. The molecule has 0 bridgehead atoms. The minimum Gasteiger partial charge on any atom is -0.386 e. The molecule has 0 aromatic heterocycles. The first-order chi connectivity index (χ1) is 8.04. The van der Waals surface area contributed by atoms with E-state index < -0.39 is 25.2 Å². The first-order valence-corrected chi connectivity index (χ1v) is 5.71. The van der Waals surface area contributed by atoms with E-state index >= 15 is 0 Å². The molecule has 96 valence electrons. The van der Waals surface area contributed by atoms with Crippen LogP contribution in [-0.4, -0.2) is 24.2 Å². The Hall–Kier alpha value is -1.00. The highest BCUT2D eigenvalue weighted by Gasteiger charge is 2.18. The summed E-state index contributed by atoms with van der Waals surface area (Å²) in [5.74, 6) is 0. The third-order valence-corrected chi connectivity index (χ3v) is 2.66. The molecule has 4 heteroatoms. The molecule has 1 aromatic rings. The van der Waals surface area contributed by atoms with Crippen LogP contribution in [0.25, 0.3) is 0 Å². The summed E-state index contributed by atoms with van der Waals surface area (Å²) < 4.78 is 28.8. The van der Waals surface area contributed by atoms with Crippen LogP contribution in [0.2, 0.25) is 0 Å². The average molecular weight is 244 g/mol. The highest BCUT2D eigenvalue weighted by atomic mass is 19.3. The SMILES string of the molecule is CCc1ccc(C(O)C(C)OCC(F)F)cc1. The number of hydrogen-bond acceptors (Lipinski definition) is 2. The number of ether oxygens (including phenoxy) is 1. The Morgan fingerprint density at radius 2 is 1.82 bits per heavy atom. The molecule has 1 aromatic carbocycles. The van der Waals surface area contributed by atoms with E-state index in [-0.39, 0.29) is 0 Å². The number of aliphatic hydroxyl groups excluding tert-OH is 1. The Morgan fingerprint density at radius 1 is 1.24 bits per heavy atom. The fraction of sp³-hybridized carbons (Fsp3) is 0.538. The van der Waals surface area contributed by atoms with Gasteiger partial charge >= 0.3 is 0 Å². The van der Waals surface area contributed by atoms with Gasteiger partial charge in [0, 0.05) is 0 Å². The van der Waals surface area contributed by atoms with E-state index in [1.54, 1.807) is 19.1 Å². The third-order valence-electron chi connectivity index (χ3n) is 2.66. The van der Waals surface area contributed by atoms with Crippen LogP contribution in [0.15, 0.2) is 24.3 Å². The second-order valence-corrected chi connectivity index (χ2v) is 3.97. The molecule has 0 heterocycles. The fourth-order valence-corrected chi connectivity index (χ4v) is 1.54. The van der Waals surface area contributed by atoms with Crippen molar-refractivity contribution >= 4 is 0 Å². The minimum absolute atomic E-state index is 0.642. The molecular formula is C13H18F2O2. The smallest absolute Gasteiger partial charge is 0.261 e. The molecule has 2 nitrogen and oxygen atoms in total. The van der Waals surface area contributed by atoms with Gasteiger partial charge in [0.2, 0.25) is 0 Å². The van der Waals surface area contributed by atoms with Gasteiger partial charge in [-0.2, -0.15) is 0 Å². The lowest BCUT2D eigenvalue weighted by atomic mass is 10.0. The summed E-state index contributed by atoms with van der Waals surface area (Å²) in [6.45, 7) is 2.98. The van der Waals surface area contributed by atoms with Crippen molar-refractivity contribution in [2.75, 3.05) is 6.61 Å². The van der Waals surface area contributed by atoms with Gasteiger partial charge in [-0.05, 0) is 24.5 Å². The van der Waals surface area contributed by atoms with Gasteiger partial charge in [-0.1, -0.05) is 31.2 Å². The number of aliphatic hydroxyl groups is 1. The van der Waals surface area contributed by atoms with Gasteiger partial charge in [0.1, 0.15) is 12.7 Å². The van der Waals surface area contributed by atoms with E-state index in [2.05, 4.69) is 0 Å². The van der Waals surface area contributed by atoms with Crippen LogP contribution in [0, 0.1) is 0 Å². The Labute approximate surface area is 100 Å². The summed E-state index contributed by atoms with van der Waals surface area (Å²) >= 11 is 0. The summed E-state index contributed by atoms with van der Waals surface area (Å²) in [6, 6.07) is 7.42. The van der Waals surface area contributed by atoms with E-state index in [4.69, 9.17) is 4.74 Å². The molecule has 1 N–H and O–H groups in total. The second-order valence-electron chi connectivity index (χ2n) is 3.97. The van der Waals surface area contributed by atoms with Crippen molar-refractivity contribution in [3.63, 3.8) is 0 Å². The maximum absolute atomic E-state index is 12.0. The zero-order valence-corrected chi connectivity index (χ0v) is 10.1. The largest absolute Gasteiger partial charge is 0.386 e. The standard InChI is InChI=1S/C13H18F2O2/c1-3-10-4-6-11(7-5-10)13(16)9(2)17-8-12(14)15/h4-7,9,12-13,16H,3,8H2,1-2H3. The quantitative estimate of drug-likeness (QED) is 0.833. The number of benzene rings is 1. The molecule has 0 aliphatic heterocycles. The normalized spacial score (nSPS) is 14.9. The molecule has 2 unspecified atom stereocenters. The molecule has 0 radical (unpaired) electrons. The van der Waals surface area contributed by atoms with Crippen LogP contribution in [-0.2, 0) is 11.2 Å². The van der Waals surface area contributed by atoms with Gasteiger partial charge < -0.3 is 9.84 Å². The fourth-order valence-electron chi connectivity index (χ4n) is 1.54. The average Bonchev–Trinajstić information content (AvgIpc) is 2.35. The van der Waals surface area contributed by atoms with Crippen molar-refractivity contribution in [2.45, 2.75) is 38.9 Å². The number of hydrogen-bond donors (Lipinski definition) is 1. The molecule has 2 atom stereocenters. The first kappa shape index (κ1) is 14.1. The molecule has 0 saturated heterocycles. The van der Waals surface area contributed by atoms with Crippen molar-refractivity contribution < 1.29 is 18.6 Å². The summed E-state index contributed by atoms with van der Waals surface area (Å²) in [5.41, 5.74) is 1.85. The lowest BCUT2D eigenvalue weighted by Crippen LogP contribution is -2.21. The zero-order valence-electron chi connectivity index (χ0n) is 10.1. The number of rotatable bonds is 6. The lowest BCUT2D eigenvalue weighted by molar-refractivity contribution is -0.0676. The van der Waals surface area contributed by atoms with Crippen molar-refractivity contribution in [3.8, 4) is 0 Å². The highest BCUT2D eigenvalue weighted by Crippen LogP contribution is 2.20. The van der Waals surface area contributed by atoms with Crippen molar-refractivity contribution in [1.82, 2.24) is 0 Å². The second kappa shape index (κ2) is 6.67. The zero-order chi connectivity index (χ0) is 12.8. The molecular weight excluding hydrogens is 226 g/mol. The van der Waals surface area contributed by atoms with Crippen LogP contribution in [0.5, 0.6) is 0 Å². The Balaban J connectivity index is 2.58. The molecule has 0 aliphatic carbocycles. The van der Waals surface area contributed by atoms with Gasteiger partial charge in [0.15, 0.2) is 0 Å². The molecule has 1 rings (SSSR count). The van der Waals surface area contributed by atoms with Gasteiger partial charge in [0.25, 0.3) is 6.43 Å². The monoisotopic (exact) mass is 244 g/mol. The van der Waals surface area contributed by atoms with E-state index in [1.165, 1.54) is 5.56 Å². The molecule has 0 amide bonds. The van der Waals surface area contributed by atoms with Crippen LogP contribution >= 0.6 is 0 Å². The Bertz CT molecular complexity index is 325. The Morgan fingerprint density at radius 3 is 2.29 bits per heavy atom. The van der Waals surface area contributed by atoms with Crippen LogP contribution in [0.3, 0.4) is 0 Å².